The van der Waals surface area contributed by atoms with Crippen molar-refractivity contribution < 1.29 is 19.1 Å². The summed E-state index contributed by atoms with van der Waals surface area (Å²) in [6, 6.07) is 8.03. The van der Waals surface area contributed by atoms with Crippen LogP contribution in [0.3, 0.4) is 0 Å². The molecule has 0 aliphatic rings. The van der Waals surface area contributed by atoms with E-state index in [-0.39, 0.29) is 0 Å². The summed E-state index contributed by atoms with van der Waals surface area (Å²) < 4.78 is 9.70. The largest absolute Gasteiger partial charge is 0.453 e. The highest BCUT2D eigenvalue weighted by Crippen LogP contribution is 2.11. The maximum absolute atomic E-state index is 12.0. The Kier molecular flexibility index (Phi) is 6.81. The molecule has 0 aliphatic carbocycles. The number of amides is 1. The molecule has 0 saturated carbocycles. The van der Waals surface area contributed by atoms with Gasteiger partial charge in [-0.3, -0.25) is 0 Å². The molecule has 0 aliphatic heterocycles. The van der Waals surface area contributed by atoms with Gasteiger partial charge in [0.25, 0.3) is 0 Å². The van der Waals surface area contributed by atoms with Crippen molar-refractivity contribution in [2.75, 3.05) is 19.1 Å². The molecule has 0 bridgehead atoms. The fourth-order valence-corrected chi connectivity index (χ4v) is 1.83. The summed E-state index contributed by atoms with van der Waals surface area (Å²) in [5.41, 5.74) is 0. The first kappa shape index (κ1) is 15.4. The van der Waals surface area contributed by atoms with Gasteiger partial charge in [-0.25, -0.2) is 9.59 Å². The van der Waals surface area contributed by atoms with Crippen LogP contribution in [0.1, 0.15) is 6.42 Å². The lowest BCUT2D eigenvalue weighted by Gasteiger charge is -2.16. The number of carbonyl (C=O) groups excluding carboxylic acids is 2. The number of methoxy groups -OCH3 is 1. The minimum absolute atomic E-state index is 0.452. The highest BCUT2D eigenvalue weighted by Gasteiger charge is 2.22. The Morgan fingerprint density at radius 1 is 1.32 bits per heavy atom. The summed E-state index contributed by atoms with van der Waals surface area (Å²) in [6.45, 7) is 0. The first-order chi connectivity index (χ1) is 9.17. The van der Waals surface area contributed by atoms with Crippen molar-refractivity contribution in [3.63, 3.8) is 0 Å². The first-order valence-electron chi connectivity index (χ1n) is 5.77. The fraction of sp³-hybridized carbons (Fsp3) is 0.385. The van der Waals surface area contributed by atoms with Crippen molar-refractivity contribution in [1.29, 1.82) is 0 Å². The predicted molar refractivity (Wildman–Crippen MR) is 74.4 cm³/mol. The van der Waals surface area contributed by atoms with Crippen molar-refractivity contribution in [3.05, 3.63) is 30.3 Å². The summed E-state index contributed by atoms with van der Waals surface area (Å²) >= 11 is 1.59. The van der Waals surface area contributed by atoms with Crippen molar-refractivity contribution >= 4 is 23.8 Å². The third-order valence-electron chi connectivity index (χ3n) is 2.33. The number of hydrogen-bond acceptors (Lipinski definition) is 5. The quantitative estimate of drug-likeness (QED) is 0.639. The van der Waals surface area contributed by atoms with Gasteiger partial charge >= 0.3 is 12.1 Å². The number of nitrogens with one attached hydrogen (secondary N) is 1. The van der Waals surface area contributed by atoms with E-state index in [9.17, 15) is 9.59 Å². The Labute approximate surface area is 116 Å². The Morgan fingerprint density at radius 2 is 2.00 bits per heavy atom. The second-order valence-electron chi connectivity index (χ2n) is 3.70. The summed E-state index contributed by atoms with van der Waals surface area (Å²) in [6.07, 6.45) is 1.77. The molecule has 0 saturated heterocycles. The molecule has 0 aromatic heterocycles. The average molecular weight is 283 g/mol. The monoisotopic (exact) mass is 283 g/mol. The highest BCUT2D eigenvalue weighted by molar-refractivity contribution is 7.98. The number of rotatable bonds is 6. The lowest BCUT2D eigenvalue weighted by atomic mass is 10.2. The maximum Gasteiger partial charge on any atom is 0.407 e. The van der Waals surface area contributed by atoms with E-state index in [0.717, 1.165) is 5.75 Å². The zero-order valence-electron chi connectivity index (χ0n) is 10.9. The van der Waals surface area contributed by atoms with Crippen LogP contribution < -0.4 is 10.1 Å². The minimum Gasteiger partial charge on any atom is -0.453 e. The lowest BCUT2D eigenvalue weighted by molar-refractivity contribution is -0.136. The van der Waals surface area contributed by atoms with Crippen molar-refractivity contribution in [3.8, 4) is 5.75 Å². The SMILES string of the molecule is COC(=O)N[C@@H](CCSC)C(=O)Oc1ccccc1. The molecule has 104 valence electrons. The molecule has 6 heteroatoms. The van der Waals surface area contributed by atoms with Gasteiger partial charge in [-0.05, 0) is 30.6 Å². The number of benzene rings is 1. The Bertz CT molecular complexity index is 410. The van der Waals surface area contributed by atoms with Crippen LogP contribution in [-0.2, 0) is 9.53 Å². The molecule has 0 radical (unpaired) electrons. The van der Waals surface area contributed by atoms with E-state index in [4.69, 9.17) is 4.74 Å². The Balaban J connectivity index is 2.62. The zero-order chi connectivity index (χ0) is 14.1. The number of para-hydroxylation sites is 1. The predicted octanol–water partition coefficient (Wildman–Crippen LogP) is 2.07. The van der Waals surface area contributed by atoms with E-state index < -0.39 is 18.1 Å². The molecular formula is C13H17NO4S. The molecule has 0 spiro atoms. The van der Waals surface area contributed by atoms with Crippen LogP contribution in [0.2, 0.25) is 0 Å². The van der Waals surface area contributed by atoms with Crippen LogP contribution in [0.4, 0.5) is 4.79 Å². The zero-order valence-corrected chi connectivity index (χ0v) is 11.7. The molecule has 0 unspecified atom stereocenters. The van der Waals surface area contributed by atoms with Gasteiger partial charge < -0.3 is 14.8 Å². The summed E-state index contributed by atoms with van der Waals surface area (Å²) in [4.78, 5) is 23.2. The maximum atomic E-state index is 12.0. The number of alkyl carbamates (subject to hydrolysis) is 1. The minimum atomic E-state index is -0.708. The van der Waals surface area contributed by atoms with Gasteiger partial charge in [-0.1, -0.05) is 18.2 Å². The van der Waals surface area contributed by atoms with Crippen molar-refractivity contribution in [2.45, 2.75) is 12.5 Å². The van der Waals surface area contributed by atoms with Crippen LogP contribution in [0, 0.1) is 0 Å². The van der Waals surface area contributed by atoms with Crippen molar-refractivity contribution in [1.82, 2.24) is 5.32 Å². The number of thioether (sulfide) groups is 1. The number of carbonyl (C=O) groups is 2. The molecule has 5 nitrogen and oxygen atoms in total. The molecule has 1 aromatic rings. The van der Waals surface area contributed by atoms with Gasteiger partial charge in [-0.15, -0.1) is 0 Å². The lowest BCUT2D eigenvalue weighted by Crippen LogP contribution is -2.43. The molecule has 19 heavy (non-hydrogen) atoms. The van der Waals surface area contributed by atoms with E-state index in [1.54, 1.807) is 36.0 Å². The Hall–Kier alpha value is -1.69. The van der Waals surface area contributed by atoms with E-state index in [1.807, 2.05) is 12.3 Å². The van der Waals surface area contributed by atoms with Crippen LogP contribution in [0.25, 0.3) is 0 Å². The van der Waals surface area contributed by atoms with Gasteiger partial charge in [0.2, 0.25) is 0 Å². The second kappa shape index (κ2) is 8.42. The summed E-state index contributed by atoms with van der Waals surface area (Å²) in [5, 5.41) is 2.47. The third kappa shape index (κ3) is 5.65. The van der Waals surface area contributed by atoms with Gasteiger partial charge in [0.1, 0.15) is 11.8 Å². The molecule has 1 atom stereocenters. The average Bonchev–Trinajstić information content (AvgIpc) is 2.44. The molecular weight excluding hydrogens is 266 g/mol. The molecule has 0 fully saturated rings. The molecule has 1 rings (SSSR count). The Morgan fingerprint density at radius 3 is 2.58 bits per heavy atom. The van der Waals surface area contributed by atoms with Crippen molar-refractivity contribution in [2.24, 2.45) is 0 Å². The van der Waals surface area contributed by atoms with E-state index in [1.165, 1.54) is 7.11 Å². The molecule has 1 aromatic carbocycles. The molecule has 1 amide bonds. The smallest absolute Gasteiger partial charge is 0.407 e. The van der Waals surface area contributed by atoms with Gasteiger partial charge in [0.15, 0.2) is 0 Å². The van der Waals surface area contributed by atoms with E-state index in [0.29, 0.717) is 12.2 Å². The van der Waals surface area contributed by atoms with Gasteiger partial charge in [0, 0.05) is 0 Å². The summed E-state index contributed by atoms with van der Waals surface area (Å²) in [5.74, 6) is 0.692. The second-order valence-corrected chi connectivity index (χ2v) is 4.69. The van der Waals surface area contributed by atoms with Crippen LogP contribution in [0.5, 0.6) is 5.75 Å². The third-order valence-corrected chi connectivity index (χ3v) is 2.98. The first-order valence-corrected chi connectivity index (χ1v) is 7.17. The van der Waals surface area contributed by atoms with Crippen LogP contribution in [0.15, 0.2) is 30.3 Å². The summed E-state index contributed by atoms with van der Waals surface area (Å²) in [7, 11) is 1.25. The standard InChI is InChI=1S/C13H17NO4S/c1-17-13(16)14-11(8-9-19-2)12(15)18-10-6-4-3-5-7-10/h3-7,11H,8-9H2,1-2H3,(H,14,16)/t11-/m0/s1. The topological polar surface area (TPSA) is 64.6 Å². The van der Waals surface area contributed by atoms with Gasteiger partial charge in [-0.2, -0.15) is 11.8 Å². The van der Waals surface area contributed by atoms with E-state index in [2.05, 4.69) is 10.1 Å². The van der Waals surface area contributed by atoms with E-state index >= 15 is 0 Å². The highest BCUT2D eigenvalue weighted by atomic mass is 32.2. The normalized spacial score (nSPS) is 11.5. The molecule has 1 N–H and O–H groups in total. The van der Waals surface area contributed by atoms with Crippen LogP contribution >= 0.6 is 11.8 Å². The number of hydrogen-bond donors (Lipinski definition) is 1. The fourth-order valence-electron chi connectivity index (χ4n) is 1.36. The number of ether oxygens (including phenoxy) is 2. The van der Waals surface area contributed by atoms with Gasteiger partial charge in [0.05, 0.1) is 7.11 Å². The molecule has 0 heterocycles. The van der Waals surface area contributed by atoms with Crippen LogP contribution in [-0.4, -0.2) is 37.2 Å². The number of esters is 1.